The van der Waals surface area contributed by atoms with Crippen molar-refractivity contribution >= 4 is 16.7 Å². The predicted molar refractivity (Wildman–Crippen MR) is 84.2 cm³/mol. The number of fused-ring (bicyclic) bond motifs is 1. The molecule has 2 N–H and O–H groups in total. The quantitative estimate of drug-likeness (QED) is 0.906. The summed E-state index contributed by atoms with van der Waals surface area (Å²) >= 11 is 0. The number of carbonyl (C=O) groups excluding carboxylic acids is 1. The highest BCUT2D eigenvalue weighted by molar-refractivity contribution is 6.06. The normalized spacial score (nSPS) is 21.6. The molecule has 2 atom stereocenters. The lowest BCUT2D eigenvalue weighted by atomic mass is 9.96. The number of carbonyl (C=O) groups is 1. The molecule has 1 saturated carbocycles. The van der Waals surface area contributed by atoms with Crippen molar-refractivity contribution in [2.75, 3.05) is 13.2 Å². The Hall–Kier alpha value is -1.87. The summed E-state index contributed by atoms with van der Waals surface area (Å²) < 4.78 is 0. The maximum absolute atomic E-state index is 12.4. The molecule has 3 rings (SSSR count). The van der Waals surface area contributed by atoms with Crippen LogP contribution in [-0.4, -0.2) is 24.2 Å². The van der Waals surface area contributed by atoms with Crippen LogP contribution in [0.3, 0.4) is 0 Å². The summed E-state index contributed by atoms with van der Waals surface area (Å²) in [6.07, 6.45) is 3.33. The first-order valence-electron chi connectivity index (χ1n) is 7.66. The van der Waals surface area contributed by atoms with E-state index in [2.05, 4.69) is 5.32 Å². The number of hydrogen-bond acceptors (Lipinski definition) is 2. The molecule has 0 radical (unpaired) electrons. The van der Waals surface area contributed by atoms with Crippen LogP contribution in [0.15, 0.2) is 42.5 Å². The standard InChI is InChI=1S/C18H21NO2/c20-12-15-8-3-7-14(15)11-19-18(21)17-10-4-6-13-5-1-2-9-16(13)17/h1-2,4-6,9-10,14-15,20H,3,7-8,11-12H2,(H,19,21). The molecule has 1 aliphatic rings. The van der Waals surface area contributed by atoms with E-state index in [1.807, 2.05) is 42.5 Å². The van der Waals surface area contributed by atoms with Gasteiger partial charge in [-0.2, -0.15) is 0 Å². The van der Waals surface area contributed by atoms with Gasteiger partial charge < -0.3 is 10.4 Å². The first kappa shape index (κ1) is 14.1. The summed E-state index contributed by atoms with van der Waals surface area (Å²) in [6.45, 7) is 0.891. The van der Waals surface area contributed by atoms with E-state index in [4.69, 9.17) is 0 Å². The Bertz CT molecular complexity index is 633. The number of aliphatic hydroxyl groups is 1. The van der Waals surface area contributed by atoms with Gasteiger partial charge in [-0.05, 0) is 41.5 Å². The number of rotatable bonds is 4. The summed E-state index contributed by atoms with van der Waals surface area (Å²) in [4.78, 5) is 12.4. The molecule has 0 bridgehead atoms. The summed E-state index contributed by atoms with van der Waals surface area (Å²) in [5.41, 5.74) is 0.728. The third-order valence-corrected chi connectivity index (χ3v) is 4.61. The van der Waals surface area contributed by atoms with E-state index < -0.39 is 0 Å². The van der Waals surface area contributed by atoms with Gasteiger partial charge in [0.15, 0.2) is 0 Å². The number of aliphatic hydroxyl groups excluding tert-OH is 1. The van der Waals surface area contributed by atoms with Gasteiger partial charge in [0, 0.05) is 18.7 Å². The molecule has 1 aliphatic carbocycles. The fourth-order valence-corrected chi connectivity index (χ4v) is 3.37. The molecule has 2 aromatic carbocycles. The molecule has 0 aliphatic heterocycles. The number of nitrogens with one attached hydrogen (secondary N) is 1. The molecule has 1 amide bonds. The van der Waals surface area contributed by atoms with Crippen LogP contribution in [-0.2, 0) is 0 Å². The van der Waals surface area contributed by atoms with Crippen LogP contribution in [0.2, 0.25) is 0 Å². The third kappa shape index (κ3) is 2.93. The highest BCUT2D eigenvalue weighted by Crippen LogP contribution is 2.30. The monoisotopic (exact) mass is 283 g/mol. The van der Waals surface area contributed by atoms with E-state index in [9.17, 15) is 9.90 Å². The molecule has 0 saturated heterocycles. The summed E-state index contributed by atoms with van der Waals surface area (Å²) in [7, 11) is 0. The van der Waals surface area contributed by atoms with Gasteiger partial charge in [-0.3, -0.25) is 4.79 Å². The number of amides is 1. The van der Waals surface area contributed by atoms with E-state index in [-0.39, 0.29) is 12.5 Å². The van der Waals surface area contributed by atoms with Crippen molar-refractivity contribution in [3.05, 3.63) is 48.0 Å². The minimum atomic E-state index is -0.0182. The van der Waals surface area contributed by atoms with Gasteiger partial charge in [0.25, 0.3) is 5.91 Å². The fourth-order valence-electron chi connectivity index (χ4n) is 3.37. The zero-order valence-corrected chi connectivity index (χ0v) is 12.1. The van der Waals surface area contributed by atoms with E-state index >= 15 is 0 Å². The van der Waals surface area contributed by atoms with Crippen molar-refractivity contribution in [2.45, 2.75) is 19.3 Å². The van der Waals surface area contributed by atoms with Gasteiger partial charge in [0.2, 0.25) is 0 Å². The van der Waals surface area contributed by atoms with Crippen molar-refractivity contribution in [1.29, 1.82) is 0 Å². The van der Waals surface area contributed by atoms with Gasteiger partial charge in [-0.25, -0.2) is 0 Å². The SMILES string of the molecule is O=C(NCC1CCCC1CO)c1cccc2ccccc12. The second-order valence-electron chi connectivity index (χ2n) is 5.87. The minimum Gasteiger partial charge on any atom is -0.396 e. The first-order valence-corrected chi connectivity index (χ1v) is 7.66. The van der Waals surface area contributed by atoms with Gasteiger partial charge in [0.1, 0.15) is 0 Å². The molecule has 1 fully saturated rings. The topological polar surface area (TPSA) is 49.3 Å². The first-order chi connectivity index (χ1) is 10.3. The Morgan fingerprint density at radius 1 is 1.10 bits per heavy atom. The molecule has 2 unspecified atom stereocenters. The summed E-state index contributed by atoms with van der Waals surface area (Å²) in [5, 5.41) is 14.5. The average molecular weight is 283 g/mol. The van der Waals surface area contributed by atoms with Crippen LogP contribution in [0.4, 0.5) is 0 Å². The van der Waals surface area contributed by atoms with E-state index in [0.717, 1.165) is 35.6 Å². The van der Waals surface area contributed by atoms with E-state index in [0.29, 0.717) is 18.4 Å². The van der Waals surface area contributed by atoms with Crippen LogP contribution in [0, 0.1) is 11.8 Å². The Labute approximate surface area is 125 Å². The van der Waals surface area contributed by atoms with Crippen LogP contribution in [0.1, 0.15) is 29.6 Å². The van der Waals surface area contributed by atoms with E-state index in [1.54, 1.807) is 0 Å². The lowest BCUT2D eigenvalue weighted by molar-refractivity contribution is 0.0939. The van der Waals surface area contributed by atoms with Crippen molar-refractivity contribution in [2.24, 2.45) is 11.8 Å². The Balaban J connectivity index is 1.72. The molecule has 110 valence electrons. The fraction of sp³-hybridized carbons (Fsp3) is 0.389. The van der Waals surface area contributed by atoms with Crippen LogP contribution in [0.25, 0.3) is 10.8 Å². The van der Waals surface area contributed by atoms with Crippen molar-refractivity contribution in [3.63, 3.8) is 0 Å². The lowest BCUT2D eigenvalue weighted by Gasteiger charge is -2.18. The summed E-state index contributed by atoms with van der Waals surface area (Å²) in [6, 6.07) is 13.7. The van der Waals surface area contributed by atoms with Gasteiger partial charge in [-0.1, -0.05) is 42.8 Å². The smallest absolute Gasteiger partial charge is 0.251 e. The second kappa shape index (κ2) is 6.27. The Kier molecular flexibility index (Phi) is 4.20. The molecule has 21 heavy (non-hydrogen) atoms. The average Bonchev–Trinajstić information content (AvgIpc) is 2.99. The van der Waals surface area contributed by atoms with Crippen molar-refractivity contribution < 1.29 is 9.90 Å². The maximum atomic E-state index is 12.4. The predicted octanol–water partition coefficient (Wildman–Crippen LogP) is 2.98. The van der Waals surface area contributed by atoms with Gasteiger partial charge in [-0.15, -0.1) is 0 Å². The minimum absolute atomic E-state index is 0.0182. The molecular formula is C18H21NO2. The molecule has 0 aromatic heterocycles. The maximum Gasteiger partial charge on any atom is 0.251 e. The highest BCUT2D eigenvalue weighted by atomic mass is 16.3. The van der Waals surface area contributed by atoms with Crippen LogP contribution in [0.5, 0.6) is 0 Å². The Morgan fingerprint density at radius 3 is 2.71 bits per heavy atom. The van der Waals surface area contributed by atoms with Crippen LogP contribution >= 0.6 is 0 Å². The molecule has 3 heteroatoms. The third-order valence-electron chi connectivity index (χ3n) is 4.61. The molecule has 0 spiro atoms. The second-order valence-corrected chi connectivity index (χ2v) is 5.87. The molecule has 2 aromatic rings. The van der Waals surface area contributed by atoms with E-state index in [1.165, 1.54) is 0 Å². The van der Waals surface area contributed by atoms with Gasteiger partial charge >= 0.3 is 0 Å². The van der Waals surface area contributed by atoms with Crippen molar-refractivity contribution in [1.82, 2.24) is 5.32 Å². The molecule has 0 heterocycles. The zero-order chi connectivity index (χ0) is 14.7. The number of hydrogen-bond donors (Lipinski definition) is 2. The van der Waals surface area contributed by atoms with Crippen molar-refractivity contribution in [3.8, 4) is 0 Å². The lowest BCUT2D eigenvalue weighted by Crippen LogP contribution is -2.31. The molecular weight excluding hydrogens is 262 g/mol. The summed E-state index contributed by atoms with van der Waals surface area (Å²) in [5.74, 6) is 0.738. The molecule has 3 nitrogen and oxygen atoms in total. The Morgan fingerprint density at radius 2 is 1.86 bits per heavy atom. The largest absolute Gasteiger partial charge is 0.396 e. The van der Waals surface area contributed by atoms with Gasteiger partial charge in [0.05, 0.1) is 0 Å². The zero-order valence-electron chi connectivity index (χ0n) is 12.1. The van der Waals surface area contributed by atoms with Crippen LogP contribution < -0.4 is 5.32 Å². The number of benzene rings is 2. The highest BCUT2D eigenvalue weighted by Gasteiger charge is 2.26.